The van der Waals surface area contributed by atoms with Gasteiger partial charge in [0.1, 0.15) is 17.6 Å². The minimum absolute atomic E-state index is 0.00509. The number of nitrogens with one attached hydrogen (secondary N) is 1. The number of hydrogen-bond acceptors (Lipinski definition) is 6. The smallest absolute Gasteiger partial charge is 0.311 e. The normalized spacial score (nSPS) is 14.3. The van der Waals surface area contributed by atoms with E-state index >= 15 is 0 Å². The molecule has 9 nitrogen and oxygen atoms in total. The van der Waals surface area contributed by atoms with Crippen molar-refractivity contribution in [1.29, 1.82) is 0 Å². The van der Waals surface area contributed by atoms with Gasteiger partial charge in [-0.1, -0.05) is 31.9 Å². The molecule has 10 heteroatoms. The van der Waals surface area contributed by atoms with Crippen LogP contribution in [0.4, 0.5) is 10.1 Å². The molecule has 35 heavy (non-hydrogen) atoms. The molecule has 0 spiro atoms. The molecule has 0 unspecified atom stereocenters. The van der Waals surface area contributed by atoms with Crippen LogP contribution >= 0.6 is 0 Å². The highest BCUT2D eigenvalue weighted by molar-refractivity contribution is 5.88. The number of hydrogen-bond donors (Lipinski definition) is 1. The molecule has 1 aliphatic rings. The number of carbonyl (C=O) groups is 2. The van der Waals surface area contributed by atoms with Crippen molar-refractivity contribution >= 4 is 17.5 Å². The molecule has 0 bridgehead atoms. The van der Waals surface area contributed by atoms with Gasteiger partial charge in [0.25, 0.3) is 5.91 Å². The summed E-state index contributed by atoms with van der Waals surface area (Å²) >= 11 is 0. The Hall–Kier alpha value is -3.69. The van der Waals surface area contributed by atoms with E-state index in [0.717, 1.165) is 25.7 Å². The van der Waals surface area contributed by atoms with E-state index in [9.17, 15) is 24.1 Å². The van der Waals surface area contributed by atoms with Gasteiger partial charge in [0, 0.05) is 24.7 Å². The summed E-state index contributed by atoms with van der Waals surface area (Å²) in [6.45, 7) is 1.53. The Morgan fingerprint density at radius 2 is 1.89 bits per heavy atom. The lowest BCUT2D eigenvalue weighted by Crippen LogP contribution is -2.52. The molecule has 1 aliphatic carbocycles. The third kappa shape index (κ3) is 6.91. The number of ether oxygens (including phenoxy) is 2. The number of rotatable bonds is 11. The van der Waals surface area contributed by atoms with Gasteiger partial charge < -0.3 is 19.7 Å². The third-order valence-corrected chi connectivity index (χ3v) is 6.06. The molecule has 0 aromatic heterocycles. The maximum absolute atomic E-state index is 13.4. The van der Waals surface area contributed by atoms with Crippen molar-refractivity contribution in [2.75, 3.05) is 13.7 Å². The Kier molecular flexibility index (Phi) is 8.99. The Morgan fingerprint density at radius 1 is 1.20 bits per heavy atom. The second-order valence-electron chi connectivity index (χ2n) is 8.44. The summed E-state index contributed by atoms with van der Waals surface area (Å²) in [5.74, 6) is -0.850. The summed E-state index contributed by atoms with van der Waals surface area (Å²) in [5.41, 5.74) is 0.447. The molecule has 188 valence electrons. The predicted molar refractivity (Wildman–Crippen MR) is 127 cm³/mol. The van der Waals surface area contributed by atoms with Gasteiger partial charge in [0.05, 0.1) is 12.0 Å². The molecule has 0 radical (unpaired) electrons. The van der Waals surface area contributed by atoms with Crippen molar-refractivity contribution in [1.82, 2.24) is 10.2 Å². The molecule has 0 saturated heterocycles. The number of nitro groups is 1. The zero-order chi connectivity index (χ0) is 25.4. The van der Waals surface area contributed by atoms with E-state index in [1.807, 2.05) is 6.92 Å². The highest BCUT2D eigenvalue weighted by Crippen LogP contribution is 2.31. The molecular formula is C25H30FN3O6. The molecular weight excluding hydrogens is 457 g/mol. The predicted octanol–water partition coefficient (Wildman–Crippen LogP) is 3.99. The first-order valence-corrected chi connectivity index (χ1v) is 11.6. The van der Waals surface area contributed by atoms with Crippen LogP contribution in [0.25, 0.3) is 0 Å². The highest BCUT2D eigenvalue weighted by atomic mass is 19.1. The topological polar surface area (TPSA) is 111 Å². The van der Waals surface area contributed by atoms with Gasteiger partial charge in [0.15, 0.2) is 6.61 Å². The first kappa shape index (κ1) is 25.9. The molecule has 2 amide bonds. The van der Waals surface area contributed by atoms with Crippen LogP contribution in [0, 0.1) is 15.9 Å². The van der Waals surface area contributed by atoms with Crippen molar-refractivity contribution in [3.8, 4) is 11.5 Å². The Bertz CT molecular complexity index is 1040. The van der Waals surface area contributed by atoms with Crippen molar-refractivity contribution in [2.45, 2.75) is 57.7 Å². The van der Waals surface area contributed by atoms with Crippen LogP contribution in [0.3, 0.4) is 0 Å². The fourth-order valence-electron chi connectivity index (χ4n) is 4.20. The van der Waals surface area contributed by atoms with E-state index in [-0.39, 0.29) is 35.7 Å². The first-order chi connectivity index (χ1) is 16.8. The molecule has 2 aromatic carbocycles. The number of amides is 2. The van der Waals surface area contributed by atoms with Crippen molar-refractivity contribution in [3.63, 3.8) is 0 Å². The van der Waals surface area contributed by atoms with E-state index in [2.05, 4.69) is 5.32 Å². The van der Waals surface area contributed by atoms with Gasteiger partial charge in [-0.05, 0) is 43.0 Å². The monoisotopic (exact) mass is 487 g/mol. The SMILES string of the molecule is CC[C@H](C(=O)NC1CCCC1)N(Cc1ccc(F)cc1)C(=O)COc1ccc([N+](=O)[O-])c(OC)c1. The van der Waals surface area contributed by atoms with Gasteiger partial charge in [-0.2, -0.15) is 0 Å². The quantitative estimate of drug-likeness (QED) is 0.379. The molecule has 1 saturated carbocycles. The van der Waals surface area contributed by atoms with E-state index in [1.165, 1.54) is 42.3 Å². The second-order valence-corrected chi connectivity index (χ2v) is 8.44. The van der Waals surface area contributed by atoms with E-state index in [4.69, 9.17) is 9.47 Å². The standard InChI is InChI=1S/C25H30FN3O6/c1-3-21(25(31)27-19-6-4-5-7-19)28(15-17-8-10-18(26)11-9-17)24(30)16-35-20-12-13-22(29(32)33)23(14-20)34-2/h8-14,19,21H,3-7,15-16H2,1-2H3,(H,27,31)/t21-/m1/s1. The van der Waals surface area contributed by atoms with Crippen molar-refractivity contribution in [2.24, 2.45) is 0 Å². The molecule has 0 heterocycles. The average molecular weight is 488 g/mol. The van der Waals surface area contributed by atoms with Crippen LogP contribution in [-0.2, 0) is 16.1 Å². The zero-order valence-corrected chi connectivity index (χ0v) is 19.9. The molecule has 2 aromatic rings. The lowest BCUT2D eigenvalue weighted by Gasteiger charge is -2.31. The summed E-state index contributed by atoms with van der Waals surface area (Å²) in [5, 5.41) is 14.2. The van der Waals surface area contributed by atoms with Crippen LogP contribution in [-0.4, -0.2) is 47.4 Å². The van der Waals surface area contributed by atoms with E-state index in [1.54, 1.807) is 12.1 Å². The average Bonchev–Trinajstić information content (AvgIpc) is 3.36. The summed E-state index contributed by atoms with van der Waals surface area (Å²) in [6.07, 6.45) is 4.34. The van der Waals surface area contributed by atoms with Crippen LogP contribution in [0.15, 0.2) is 42.5 Å². The summed E-state index contributed by atoms with van der Waals surface area (Å²) < 4.78 is 24.0. The molecule has 1 atom stereocenters. The van der Waals surface area contributed by atoms with Gasteiger partial charge in [-0.3, -0.25) is 19.7 Å². The van der Waals surface area contributed by atoms with E-state index in [0.29, 0.717) is 12.0 Å². The summed E-state index contributed by atoms with van der Waals surface area (Å²) in [6, 6.07) is 9.06. The Labute approximate surface area is 203 Å². The largest absolute Gasteiger partial charge is 0.490 e. The number of nitro benzene ring substituents is 1. The minimum atomic E-state index is -0.733. The lowest BCUT2D eigenvalue weighted by molar-refractivity contribution is -0.385. The fraction of sp³-hybridized carbons (Fsp3) is 0.440. The number of methoxy groups -OCH3 is 1. The number of carbonyl (C=O) groups excluding carboxylic acids is 2. The van der Waals surface area contributed by atoms with Gasteiger partial charge >= 0.3 is 5.69 Å². The van der Waals surface area contributed by atoms with Crippen LogP contribution < -0.4 is 14.8 Å². The third-order valence-electron chi connectivity index (χ3n) is 6.06. The Balaban J connectivity index is 1.77. The number of nitrogens with zero attached hydrogens (tertiary/aromatic N) is 2. The van der Waals surface area contributed by atoms with Crippen LogP contribution in [0.1, 0.15) is 44.6 Å². The van der Waals surface area contributed by atoms with Crippen molar-refractivity contribution < 1.29 is 28.4 Å². The highest BCUT2D eigenvalue weighted by Gasteiger charge is 2.31. The van der Waals surface area contributed by atoms with Crippen LogP contribution in [0.5, 0.6) is 11.5 Å². The van der Waals surface area contributed by atoms with Gasteiger partial charge in [0.2, 0.25) is 11.7 Å². The molecule has 1 fully saturated rings. The maximum Gasteiger partial charge on any atom is 0.311 e. The second kappa shape index (κ2) is 12.1. The summed E-state index contributed by atoms with van der Waals surface area (Å²) in [7, 11) is 1.30. The zero-order valence-electron chi connectivity index (χ0n) is 19.9. The summed E-state index contributed by atoms with van der Waals surface area (Å²) in [4.78, 5) is 38.3. The fourth-order valence-corrected chi connectivity index (χ4v) is 4.20. The number of benzene rings is 2. The van der Waals surface area contributed by atoms with Crippen LogP contribution in [0.2, 0.25) is 0 Å². The number of halogens is 1. The van der Waals surface area contributed by atoms with Crippen molar-refractivity contribution in [3.05, 3.63) is 64.0 Å². The molecule has 1 N–H and O–H groups in total. The minimum Gasteiger partial charge on any atom is -0.490 e. The van der Waals surface area contributed by atoms with Gasteiger partial charge in [-0.15, -0.1) is 0 Å². The molecule has 3 rings (SSSR count). The van der Waals surface area contributed by atoms with Gasteiger partial charge in [-0.25, -0.2) is 4.39 Å². The molecule has 0 aliphatic heterocycles. The van der Waals surface area contributed by atoms with E-state index < -0.39 is 29.3 Å². The first-order valence-electron chi connectivity index (χ1n) is 11.6. The lowest BCUT2D eigenvalue weighted by atomic mass is 10.1. The maximum atomic E-state index is 13.4. The Morgan fingerprint density at radius 3 is 2.49 bits per heavy atom.